The van der Waals surface area contributed by atoms with Crippen LogP contribution in [0, 0.1) is 0 Å². The molecule has 1 aliphatic rings. The molecule has 0 N–H and O–H groups in total. The lowest BCUT2D eigenvalue weighted by Gasteiger charge is -2.11. The van der Waals surface area contributed by atoms with Crippen molar-refractivity contribution >= 4 is 21.4 Å². The van der Waals surface area contributed by atoms with Gasteiger partial charge in [-0.15, -0.1) is 0 Å². The zero-order valence-corrected chi connectivity index (χ0v) is 11.6. The Morgan fingerprint density at radius 3 is 3.11 bits per heavy atom. The number of aryl methyl sites for hydroxylation is 1. The minimum absolute atomic E-state index is 0.0473. The lowest BCUT2D eigenvalue weighted by Crippen LogP contribution is -2.22. The van der Waals surface area contributed by atoms with Crippen molar-refractivity contribution in [3.8, 4) is 0 Å². The normalized spacial score (nSPS) is 19.7. The zero-order valence-electron chi connectivity index (χ0n) is 10.0. The molecule has 1 saturated heterocycles. The topological polar surface area (TPSA) is 35.6 Å². The molecule has 0 aliphatic carbocycles. The Kier molecular flexibility index (Phi) is 3.26. The molecule has 0 amide bonds. The number of hydrogen-bond acceptors (Lipinski definition) is 2. The van der Waals surface area contributed by atoms with Crippen LogP contribution in [-0.2, 0) is 11.3 Å². The fourth-order valence-corrected chi connectivity index (χ4v) is 2.79. The number of fused-ring (bicyclic) bond motifs is 1. The van der Waals surface area contributed by atoms with Crippen LogP contribution in [0.2, 0.25) is 0 Å². The fraction of sp³-hybridized carbons (Fsp3) is 0.462. The van der Waals surface area contributed by atoms with Crippen LogP contribution >= 0.6 is 15.9 Å². The van der Waals surface area contributed by atoms with Crippen molar-refractivity contribution in [2.24, 2.45) is 0 Å². The molecule has 0 saturated carbocycles. The highest BCUT2D eigenvalue weighted by atomic mass is 79.9. The first-order valence-corrected chi connectivity index (χ1v) is 7.03. The average Bonchev–Trinajstić information content (AvgIpc) is 2.94. The van der Waals surface area contributed by atoms with Crippen LogP contribution in [0.5, 0.6) is 0 Å². The second-order valence-corrected chi connectivity index (χ2v) is 5.56. The summed E-state index contributed by atoms with van der Waals surface area (Å²) in [4.78, 5) is 11.9. The van der Waals surface area contributed by atoms with E-state index in [1.54, 1.807) is 10.7 Å². The second kappa shape index (κ2) is 4.90. The molecular weight excluding hydrogens is 296 g/mol. The molecule has 0 bridgehead atoms. The summed E-state index contributed by atoms with van der Waals surface area (Å²) >= 11 is 3.43. The van der Waals surface area contributed by atoms with Crippen LogP contribution in [0.3, 0.4) is 0 Å². The molecule has 2 aromatic rings. The van der Waals surface area contributed by atoms with Crippen molar-refractivity contribution in [3.05, 3.63) is 39.2 Å². The van der Waals surface area contributed by atoms with Gasteiger partial charge in [0.25, 0.3) is 5.56 Å². The van der Waals surface area contributed by atoms with Crippen LogP contribution in [0.1, 0.15) is 19.3 Å². The van der Waals surface area contributed by atoms with Gasteiger partial charge in [-0.05, 0) is 47.3 Å². The van der Waals surface area contributed by atoms with E-state index in [1.165, 1.54) is 0 Å². The van der Waals surface area contributed by atoms with E-state index in [-0.39, 0.29) is 5.56 Å². The van der Waals surface area contributed by atoms with Crippen LogP contribution in [-0.4, -0.2) is 21.9 Å². The molecule has 0 unspecified atom stereocenters. The van der Waals surface area contributed by atoms with Crippen molar-refractivity contribution in [2.75, 3.05) is 6.61 Å². The molecule has 3 rings (SSSR count). The maximum absolute atomic E-state index is 11.9. The first-order valence-electron chi connectivity index (χ1n) is 6.23. The minimum Gasteiger partial charge on any atom is -0.378 e. The molecule has 4 nitrogen and oxygen atoms in total. The third-order valence-corrected chi connectivity index (χ3v) is 3.87. The van der Waals surface area contributed by atoms with E-state index >= 15 is 0 Å². The fourth-order valence-electron chi connectivity index (χ4n) is 2.46. The summed E-state index contributed by atoms with van der Waals surface area (Å²) in [7, 11) is 0. The zero-order chi connectivity index (χ0) is 12.5. The van der Waals surface area contributed by atoms with Gasteiger partial charge in [-0.3, -0.25) is 9.31 Å². The Hall–Kier alpha value is -1.07. The number of hydrogen-bond donors (Lipinski definition) is 0. The van der Waals surface area contributed by atoms with Gasteiger partial charge in [-0.2, -0.15) is 0 Å². The van der Waals surface area contributed by atoms with E-state index in [4.69, 9.17) is 4.74 Å². The third kappa shape index (κ3) is 2.24. The Balaban J connectivity index is 1.87. The molecule has 2 aromatic heterocycles. The predicted molar refractivity (Wildman–Crippen MR) is 72.9 cm³/mol. The number of halogens is 1. The maximum Gasteiger partial charge on any atom is 0.267 e. The van der Waals surface area contributed by atoms with Gasteiger partial charge >= 0.3 is 0 Å². The summed E-state index contributed by atoms with van der Waals surface area (Å²) in [5.41, 5.74) is 0.974. The van der Waals surface area contributed by atoms with Gasteiger partial charge in [0.1, 0.15) is 0 Å². The lowest BCUT2D eigenvalue weighted by atomic mass is 10.2. The molecule has 18 heavy (non-hydrogen) atoms. The monoisotopic (exact) mass is 310 g/mol. The van der Waals surface area contributed by atoms with Crippen molar-refractivity contribution in [2.45, 2.75) is 31.9 Å². The quantitative estimate of drug-likeness (QED) is 0.873. The molecule has 0 radical (unpaired) electrons. The summed E-state index contributed by atoms with van der Waals surface area (Å²) in [5.74, 6) is 0. The molecule has 0 aromatic carbocycles. The van der Waals surface area contributed by atoms with Crippen LogP contribution in [0.25, 0.3) is 5.52 Å². The van der Waals surface area contributed by atoms with E-state index in [9.17, 15) is 4.79 Å². The number of ether oxygens (including phenoxy) is 1. The predicted octanol–water partition coefficient (Wildman–Crippen LogP) is 2.43. The van der Waals surface area contributed by atoms with E-state index in [1.807, 2.05) is 22.8 Å². The van der Waals surface area contributed by atoms with Gasteiger partial charge in [0.15, 0.2) is 0 Å². The highest BCUT2D eigenvalue weighted by molar-refractivity contribution is 9.10. The van der Waals surface area contributed by atoms with Gasteiger partial charge in [-0.1, -0.05) is 0 Å². The Morgan fingerprint density at radius 1 is 1.44 bits per heavy atom. The number of rotatable bonds is 3. The highest BCUT2D eigenvalue weighted by Crippen LogP contribution is 2.16. The summed E-state index contributed by atoms with van der Waals surface area (Å²) in [6, 6.07) is 5.55. The second-order valence-electron chi connectivity index (χ2n) is 4.65. The lowest BCUT2D eigenvalue weighted by molar-refractivity contribution is 0.0988. The van der Waals surface area contributed by atoms with Crippen molar-refractivity contribution < 1.29 is 4.74 Å². The first-order chi connectivity index (χ1) is 8.74. The Morgan fingerprint density at radius 2 is 2.33 bits per heavy atom. The van der Waals surface area contributed by atoms with Crippen LogP contribution in [0.15, 0.2) is 33.7 Å². The number of pyridine rings is 1. The Labute approximate surface area is 113 Å². The summed E-state index contributed by atoms with van der Waals surface area (Å²) in [6.07, 6.45) is 5.39. The maximum atomic E-state index is 11.9. The molecular formula is C13H15BrN2O2. The van der Waals surface area contributed by atoms with Gasteiger partial charge in [0.2, 0.25) is 0 Å². The van der Waals surface area contributed by atoms with Gasteiger partial charge in [-0.25, -0.2) is 4.68 Å². The largest absolute Gasteiger partial charge is 0.378 e. The minimum atomic E-state index is 0.0473. The standard InChI is InChI=1S/C13H15BrN2O2/c14-10-3-4-11-8-13(17)15(16(11)9-10)6-5-12-2-1-7-18-12/h3-4,8-9,12H,1-2,5-7H2/t12-/m1/s1. The van der Waals surface area contributed by atoms with E-state index < -0.39 is 0 Å². The van der Waals surface area contributed by atoms with Crippen molar-refractivity contribution in [1.82, 2.24) is 9.20 Å². The highest BCUT2D eigenvalue weighted by Gasteiger charge is 2.16. The first kappa shape index (κ1) is 12.0. The molecule has 1 fully saturated rings. The molecule has 3 heterocycles. The van der Waals surface area contributed by atoms with Crippen LogP contribution in [0.4, 0.5) is 0 Å². The van der Waals surface area contributed by atoms with Gasteiger partial charge in [0, 0.05) is 29.9 Å². The molecule has 96 valence electrons. The average molecular weight is 311 g/mol. The van der Waals surface area contributed by atoms with E-state index in [0.29, 0.717) is 12.6 Å². The van der Waals surface area contributed by atoms with E-state index in [0.717, 1.165) is 35.9 Å². The Bertz CT molecular complexity index is 611. The summed E-state index contributed by atoms with van der Waals surface area (Å²) in [5, 5.41) is 0. The molecule has 0 spiro atoms. The molecule has 5 heteroatoms. The van der Waals surface area contributed by atoms with Crippen molar-refractivity contribution in [3.63, 3.8) is 0 Å². The smallest absolute Gasteiger partial charge is 0.267 e. The molecule has 1 atom stereocenters. The number of aromatic nitrogens is 2. The van der Waals surface area contributed by atoms with Crippen molar-refractivity contribution in [1.29, 1.82) is 0 Å². The SMILES string of the molecule is O=c1cc2ccc(Br)cn2n1CC[C@H]1CCCO1. The number of nitrogens with zero attached hydrogens (tertiary/aromatic N) is 2. The summed E-state index contributed by atoms with van der Waals surface area (Å²) < 4.78 is 10.2. The van der Waals surface area contributed by atoms with Gasteiger partial charge < -0.3 is 4.74 Å². The summed E-state index contributed by atoms with van der Waals surface area (Å²) in [6.45, 7) is 1.56. The van der Waals surface area contributed by atoms with E-state index in [2.05, 4.69) is 15.9 Å². The van der Waals surface area contributed by atoms with Crippen LogP contribution < -0.4 is 5.56 Å². The van der Waals surface area contributed by atoms with Gasteiger partial charge in [0.05, 0.1) is 11.6 Å². The third-order valence-electron chi connectivity index (χ3n) is 3.40. The molecule has 1 aliphatic heterocycles.